The molecule has 0 bridgehead atoms. The highest BCUT2D eigenvalue weighted by atomic mass is 14.8. The molecular formula is C27H45N. The molecule has 0 amide bonds. The Morgan fingerprint density at radius 3 is 2.50 bits per heavy atom. The van der Waals surface area contributed by atoms with Gasteiger partial charge in [0.25, 0.3) is 0 Å². The van der Waals surface area contributed by atoms with E-state index in [0.29, 0.717) is 5.92 Å². The summed E-state index contributed by atoms with van der Waals surface area (Å²) in [5.74, 6) is 1.47. The topological polar surface area (TPSA) is 12.0 Å². The average molecular weight is 384 g/mol. The van der Waals surface area contributed by atoms with Gasteiger partial charge >= 0.3 is 0 Å². The Bertz CT molecular complexity index is 609. The summed E-state index contributed by atoms with van der Waals surface area (Å²) in [6, 6.07) is 7.01. The number of rotatable bonds is 8. The molecule has 1 aromatic rings. The highest BCUT2D eigenvalue weighted by Gasteiger charge is 2.25. The molecule has 1 N–H and O–H groups in total. The summed E-state index contributed by atoms with van der Waals surface area (Å²) < 4.78 is 0. The molecule has 2 rings (SSSR count). The molecule has 1 aromatic carbocycles. The standard InChI is InChI=1S/C23H33N.2C2H6/c1-6-8-17(3)15-18(4)21-11-12-23-19(5)20(13-14-24-7-2)9-10-22(23)16-21;2*1-2/h6,8,11-12,16,19-20,24H,1,4,7,9-10,13-15H2,2-3,5H3;2*1-2H3/b17-8+;;. The molecule has 2 unspecified atom stereocenters. The van der Waals surface area contributed by atoms with Gasteiger partial charge < -0.3 is 5.32 Å². The number of hydrogen-bond donors (Lipinski definition) is 1. The third-order valence-electron chi connectivity index (χ3n) is 5.37. The van der Waals surface area contributed by atoms with Crippen molar-refractivity contribution in [1.82, 2.24) is 5.32 Å². The largest absolute Gasteiger partial charge is 0.317 e. The lowest BCUT2D eigenvalue weighted by Crippen LogP contribution is -2.24. The van der Waals surface area contributed by atoms with Crippen molar-refractivity contribution in [3.63, 3.8) is 0 Å². The molecule has 2 atom stereocenters. The first kappa shape index (κ1) is 26.4. The van der Waals surface area contributed by atoms with Crippen molar-refractivity contribution in [2.75, 3.05) is 13.1 Å². The van der Waals surface area contributed by atoms with Crippen LogP contribution in [0.2, 0.25) is 0 Å². The van der Waals surface area contributed by atoms with Crippen molar-refractivity contribution in [3.05, 3.63) is 65.8 Å². The van der Waals surface area contributed by atoms with Crippen LogP contribution in [0.5, 0.6) is 0 Å². The molecule has 28 heavy (non-hydrogen) atoms. The molecule has 0 saturated heterocycles. The van der Waals surface area contributed by atoms with Crippen LogP contribution in [0.15, 0.2) is 49.1 Å². The minimum absolute atomic E-state index is 0.664. The Labute approximate surface area is 176 Å². The maximum Gasteiger partial charge on any atom is -0.00462 e. The maximum atomic E-state index is 4.30. The highest BCUT2D eigenvalue weighted by Crippen LogP contribution is 2.38. The fourth-order valence-electron chi connectivity index (χ4n) is 3.89. The smallest absolute Gasteiger partial charge is 0.00462 e. The maximum absolute atomic E-state index is 4.30. The van der Waals surface area contributed by atoms with Crippen LogP contribution in [0, 0.1) is 5.92 Å². The van der Waals surface area contributed by atoms with E-state index in [1.807, 2.05) is 33.8 Å². The van der Waals surface area contributed by atoms with Gasteiger partial charge in [0.05, 0.1) is 0 Å². The normalized spacial score (nSPS) is 18.0. The molecular weight excluding hydrogens is 338 g/mol. The lowest BCUT2D eigenvalue weighted by molar-refractivity contribution is 0.360. The molecule has 0 saturated carbocycles. The first-order chi connectivity index (χ1) is 13.6. The number of nitrogens with one attached hydrogen (secondary N) is 1. The second-order valence-electron chi connectivity index (χ2n) is 7.17. The fraction of sp³-hybridized carbons (Fsp3) is 0.556. The van der Waals surface area contributed by atoms with Gasteiger partial charge in [0.15, 0.2) is 0 Å². The van der Waals surface area contributed by atoms with Crippen LogP contribution >= 0.6 is 0 Å². The zero-order valence-corrected chi connectivity index (χ0v) is 19.7. The van der Waals surface area contributed by atoms with Gasteiger partial charge in [0.1, 0.15) is 0 Å². The number of benzene rings is 1. The molecule has 0 spiro atoms. The first-order valence-electron chi connectivity index (χ1n) is 11.4. The first-order valence-corrected chi connectivity index (χ1v) is 11.4. The Morgan fingerprint density at radius 2 is 1.89 bits per heavy atom. The molecule has 1 heteroatoms. The molecule has 158 valence electrons. The van der Waals surface area contributed by atoms with E-state index in [9.17, 15) is 0 Å². The summed E-state index contributed by atoms with van der Waals surface area (Å²) in [4.78, 5) is 0. The van der Waals surface area contributed by atoms with Gasteiger partial charge in [0.2, 0.25) is 0 Å². The van der Waals surface area contributed by atoms with E-state index >= 15 is 0 Å². The zero-order chi connectivity index (χ0) is 21.5. The summed E-state index contributed by atoms with van der Waals surface area (Å²) in [5, 5.41) is 3.47. The van der Waals surface area contributed by atoms with Gasteiger partial charge in [-0.25, -0.2) is 0 Å². The van der Waals surface area contributed by atoms with Gasteiger partial charge in [-0.05, 0) is 79.8 Å². The SMILES string of the molecule is C=C/C=C(\C)CC(=C)c1ccc2c(c1)CCC(CCNCC)C2C.CC.CC. The number of aryl methyl sites for hydroxylation is 1. The zero-order valence-electron chi connectivity index (χ0n) is 19.7. The van der Waals surface area contributed by atoms with Crippen molar-refractivity contribution in [2.24, 2.45) is 5.92 Å². The van der Waals surface area contributed by atoms with Crippen LogP contribution in [0.25, 0.3) is 5.57 Å². The molecule has 0 radical (unpaired) electrons. The number of allylic oxidation sites excluding steroid dienone is 4. The van der Waals surface area contributed by atoms with E-state index in [4.69, 9.17) is 0 Å². The summed E-state index contributed by atoms with van der Waals surface area (Å²) in [7, 11) is 0. The van der Waals surface area contributed by atoms with Crippen LogP contribution in [0.3, 0.4) is 0 Å². The monoisotopic (exact) mass is 383 g/mol. The lowest BCUT2D eigenvalue weighted by Gasteiger charge is -2.32. The molecule has 1 nitrogen and oxygen atoms in total. The Morgan fingerprint density at radius 1 is 1.21 bits per heavy atom. The van der Waals surface area contributed by atoms with Crippen molar-refractivity contribution in [3.8, 4) is 0 Å². The van der Waals surface area contributed by atoms with Crippen LogP contribution in [0.4, 0.5) is 0 Å². The third kappa shape index (κ3) is 8.19. The highest BCUT2D eigenvalue weighted by molar-refractivity contribution is 5.66. The number of fused-ring (bicyclic) bond motifs is 1. The minimum atomic E-state index is 0.664. The van der Waals surface area contributed by atoms with E-state index in [1.54, 1.807) is 5.56 Å². The molecule has 0 aromatic heterocycles. The van der Waals surface area contributed by atoms with Gasteiger partial charge in [-0.2, -0.15) is 0 Å². The van der Waals surface area contributed by atoms with Crippen LogP contribution in [-0.4, -0.2) is 13.1 Å². The second-order valence-corrected chi connectivity index (χ2v) is 7.17. The van der Waals surface area contributed by atoms with Gasteiger partial charge in [0, 0.05) is 0 Å². The van der Waals surface area contributed by atoms with Crippen molar-refractivity contribution >= 4 is 5.57 Å². The third-order valence-corrected chi connectivity index (χ3v) is 5.37. The van der Waals surface area contributed by atoms with Gasteiger partial charge in [-0.15, -0.1) is 0 Å². The van der Waals surface area contributed by atoms with Crippen molar-refractivity contribution in [2.45, 2.75) is 80.1 Å². The molecule has 0 heterocycles. The quantitative estimate of drug-likeness (QED) is 0.355. The fourth-order valence-corrected chi connectivity index (χ4v) is 3.89. The molecule has 1 aliphatic carbocycles. The summed E-state index contributed by atoms with van der Waals surface area (Å²) in [5.41, 5.74) is 6.90. The summed E-state index contributed by atoms with van der Waals surface area (Å²) >= 11 is 0. The Balaban J connectivity index is 0.00000171. The van der Waals surface area contributed by atoms with Crippen molar-refractivity contribution in [1.29, 1.82) is 0 Å². The second kappa shape index (κ2) is 15.3. The predicted octanol–water partition coefficient (Wildman–Crippen LogP) is 7.94. The van der Waals surface area contributed by atoms with Crippen molar-refractivity contribution < 1.29 is 0 Å². The van der Waals surface area contributed by atoms with E-state index in [-0.39, 0.29) is 0 Å². The molecule has 0 aliphatic heterocycles. The number of hydrogen-bond acceptors (Lipinski definition) is 1. The Hall–Kier alpha value is -1.60. The lowest BCUT2D eigenvalue weighted by atomic mass is 9.74. The van der Waals surface area contributed by atoms with E-state index in [0.717, 1.165) is 25.4 Å². The predicted molar refractivity (Wildman–Crippen MR) is 130 cm³/mol. The molecule has 1 aliphatic rings. The van der Waals surface area contributed by atoms with E-state index < -0.39 is 0 Å². The minimum Gasteiger partial charge on any atom is -0.317 e. The summed E-state index contributed by atoms with van der Waals surface area (Å²) in [6.45, 7) is 25.0. The van der Waals surface area contributed by atoms with E-state index in [1.165, 1.54) is 41.5 Å². The van der Waals surface area contributed by atoms with E-state index in [2.05, 4.69) is 63.5 Å². The average Bonchev–Trinajstić information content (AvgIpc) is 2.72. The Kier molecular flexibility index (Phi) is 14.5. The van der Waals surface area contributed by atoms with Gasteiger partial charge in [-0.3, -0.25) is 0 Å². The van der Waals surface area contributed by atoms with Gasteiger partial charge in [-0.1, -0.05) is 90.6 Å². The van der Waals surface area contributed by atoms with Crippen LogP contribution in [0.1, 0.15) is 90.3 Å². The molecule has 0 fully saturated rings. The van der Waals surface area contributed by atoms with Crippen LogP contribution in [-0.2, 0) is 6.42 Å². The van der Waals surface area contributed by atoms with Crippen LogP contribution < -0.4 is 5.32 Å². The summed E-state index contributed by atoms with van der Waals surface area (Å²) in [6.07, 6.45) is 8.65.